The third kappa shape index (κ3) is 22.8. The van der Waals surface area contributed by atoms with Crippen molar-refractivity contribution in [3.8, 4) is 11.5 Å². The summed E-state index contributed by atoms with van der Waals surface area (Å²) in [5.74, 6) is -0.131. The Morgan fingerprint density at radius 3 is 1.82 bits per heavy atom. The van der Waals surface area contributed by atoms with Gasteiger partial charge in [0.2, 0.25) is 0 Å². The van der Waals surface area contributed by atoms with E-state index in [2.05, 4.69) is 26.2 Å². The molecule has 3 aromatic rings. The fraction of sp³-hybridized carbons (Fsp3) is 0.609. The minimum Gasteiger partial charge on any atom is -0.434 e. The molecule has 0 bridgehead atoms. The Labute approximate surface area is 418 Å². The first-order valence-electron chi connectivity index (χ1n) is 24.3. The number of unbranched alkanes of at least 4 members (excludes halogenated alkanes) is 14. The molecule has 1 aliphatic heterocycles. The molecule has 3 unspecified atom stereocenters. The lowest BCUT2D eigenvalue weighted by molar-refractivity contribution is -0.134. The van der Waals surface area contributed by atoms with Crippen molar-refractivity contribution in [2.45, 2.75) is 168 Å². The lowest BCUT2D eigenvalue weighted by Crippen LogP contribution is -2.33. The topological polar surface area (TPSA) is 312 Å². The molecule has 0 radical (unpaired) electrons. The molecule has 0 aliphatic carbocycles. The number of carbonyl (C=O) groups excluding carboxylic acids is 2. The van der Waals surface area contributed by atoms with Gasteiger partial charge in [-0.3, -0.25) is 32.7 Å². The van der Waals surface area contributed by atoms with Gasteiger partial charge in [-0.1, -0.05) is 133 Å². The normalized spacial score (nSPS) is 18.0. The highest BCUT2D eigenvalue weighted by atomic mass is 31.3. The van der Waals surface area contributed by atoms with Crippen molar-refractivity contribution < 1.29 is 74.2 Å². The molecule has 6 atom stereocenters. The summed E-state index contributed by atoms with van der Waals surface area (Å²) in [4.78, 5) is 74.7. The average molecular weight is 1070 g/mol. The number of rotatable bonds is 35. The van der Waals surface area contributed by atoms with E-state index in [1.807, 2.05) is 6.92 Å². The molecule has 23 nitrogen and oxygen atoms in total. The molecule has 1 aliphatic rings. The summed E-state index contributed by atoms with van der Waals surface area (Å²) in [6, 6.07) is 10.2. The van der Waals surface area contributed by atoms with Crippen LogP contribution in [0.15, 0.2) is 69.4 Å². The van der Waals surface area contributed by atoms with Crippen LogP contribution in [0.25, 0.3) is 10.4 Å². The Morgan fingerprint density at radius 1 is 0.750 bits per heavy atom. The number of carbonyl (C=O) groups is 2. The Hall–Kier alpha value is -4.46. The number of aromatic amines is 1. The van der Waals surface area contributed by atoms with Crippen LogP contribution in [0.5, 0.6) is 11.5 Å². The molecule has 1 fully saturated rings. The van der Waals surface area contributed by atoms with Gasteiger partial charge < -0.3 is 28.7 Å². The van der Waals surface area contributed by atoms with Crippen molar-refractivity contribution in [3.63, 3.8) is 0 Å². The summed E-state index contributed by atoms with van der Waals surface area (Å²) in [6.45, 7) is 3.67. The molecule has 2 aromatic carbocycles. The highest BCUT2D eigenvalue weighted by molar-refractivity contribution is 7.67. The number of hydrogen-bond acceptors (Lipinski definition) is 17. The molecule has 0 amide bonds. The monoisotopic (exact) mass is 1070 g/mol. The quantitative estimate of drug-likeness (QED) is 0.00720. The number of nitrogens with zero attached hydrogens (tertiary/aromatic N) is 4. The summed E-state index contributed by atoms with van der Waals surface area (Å²) >= 11 is 0. The van der Waals surface area contributed by atoms with Crippen molar-refractivity contribution in [3.05, 3.63) is 103 Å². The van der Waals surface area contributed by atoms with E-state index in [0.717, 1.165) is 30.3 Å². The maximum Gasteiger partial charge on any atom is 0.513 e. The highest BCUT2D eigenvalue weighted by Crippen LogP contribution is 2.69. The molecule has 1 saturated heterocycles. The number of aryl methyl sites for hydroxylation is 1. The molecule has 26 heteroatoms. The number of H-pyrrole nitrogens is 1. The smallest absolute Gasteiger partial charge is 0.434 e. The number of esters is 1. The van der Waals surface area contributed by atoms with Crippen LogP contribution in [0.2, 0.25) is 0 Å². The zero-order valence-corrected chi connectivity index (χ0v) is 43.7. The molecule has 72 heavy (non-hydrogen) atoms. The van der Waals surface area contributed by atoms with Crippen LogP contribution in [0, 0.1) is 6.92 Å². The van der Waals surface area contributed by atoms with Gasteiger partial charge in [0.1, 0.15) is 17.7 Å². The second-order valence-corrected chi connectivity index (χ2v) is 22.0. The van der Waals surface area contributed by atoms with Crippen molar-refractivity contribution in [1.29, 1.82) is 0 Å². The molecular formula is C46H68N5O18P3. The van der Waals surface area contributed by atoms with E-state index in [1.165, 1.54) is 126 Å². The first-order chi connectivity index (χ1) is 34.4. The van der Waals surface area contributed by atoms with Gasteiger partial charge in [-0.05, 0) is 60.7 Å². The molecule has 3 N–H and O–H groups in total. The zero-order valence-electron chi connectivity index (χ0n) is 41.0. The van der Waals surface area contributed by atoms with Crippen molar-refractivity contribution >= 4 is 35.6 Å². The summed E-state index contributed by atoms with van der Waals surface area (Å²) in [5, 5.41) is 3.57. The Balaban J connectivity index is 1.31. The maximum atomic E-state index is 14.0. The minimum atomic E-state index is -5.91. The van der Waals surface area contributed by atoms with Crippen LogP contribution in [-0.2, 0) is 63.4 Å². The average Bonchev–Trinajstić information content (AvgIpc) is 3.74. The van der Waals surface area contributed by atoms with Gasteiger partial charge in [0.25, 0.3) is 5.56 Å². The summed E-state index contributed by atoms with van der Waals surface area (Å²) < 4.78 is 87.7. The van der Waals surface area contributed by atoms with Gasteiger partial charge >= 0.3 is 41.3 Å². The SMILES string of the molecule is CCCCCCCCCCCCCCCCOC(=O)Oc1ccc(COP(=O)(OCc2ccc(OC(=O)CCCC)cc2)OP(=O)(O)OP(=O)(O)OC[C@H]2O[C@@H](n3cc(C)c(=O)[nH]c3=O)C[C@@H]2N=[N+]=[N-])cc1. The largest absolute Gasteiger partial charge is 0.513 e. The van der Waals surface area contributed by atoms with Crippen LogP contribution in [-0.4, -0.2) is 56.8 Å². The van der Waals surface area contributed by atoms with Gasteiger partial charge in [-0.15, -0.1) is 0 Å². The fourth-order valence-electron chi connectivity index (χ4n) is 7.27. The Morgan fingerprint density at radius 2 is 1.28 bits per heavy atom. The zero-order chi connectivity index (χ0) is 52.4. The second-order valence-electron chi connectivity index (χ2n) is 17.2. The molecule has 0 spiro atoms. The van der Waals surface area contributed by atoms with Crippen LogP contribution in [0.3, 0.4) is 0 Å². The number of benzene rings is 2. The van der Waals surface area contributed by atoms with E-state index in [-0.39, 0.29) is 42.1 Å². The van der Waals surface area contributed by atoms with Crippen LogP contribution in [0.4, 0.5) is 4.79 Å². The van der Waals surface area contributed by atoms with E-state index in [1.54, 1.807) is 0 Å². The number of phosphoric acid groups is 3. The van der Waals surface area contributed by atoms with Crippen LogP contribution >= 0.6 is 23.5 Å². The summed E-state index contributed by atoms with van der Waals surface area (Å²) in [5.41, 5.74) is 8.32. The molecule has 2 heterocycles. The van der Waals surface area contributed by atoms with E-state index < -0.39 is 85.0 Å². The van der Waals surface area contributed by atoms with Gasteiger partial charge in [0, 0.05) is 29.5 Å². The summed E-state index contributed by atoms with van der Waals surface area (Å²) in [7, 11) is -16.8. The van der Waals surface area contributed by atoms with Gasteiger partial charge in [-0.25, -0.2) is 23.3 Å². The Kier molecular flexibility index (Phi) is 26.1. The predicted molar refractivity (Wildman–Crippen MR) is 263 cm³/mol. The first kappa shape index (κ1) is 60.1. The molecule has 4 rings (SSSR count). The fourth-order valence-corrected chi connectivity index (χ4v) is 11.3. The van der Waals surface area contributed by atoms with Crippen LogP contribution < -0.4 is 20.7 Å². The van der Waals surface area contributed by atoms with Gasteiger partial charge in [-0.2, -0.15) is 8.62 Å². The molecule has 0 saturated carbocycles. The number of nitrogens with one attached hydrogen (secondary N) is 1. The number of azide groups is 1. The van der Waals surface area contributed by atoms with E-state index in [9.17, 15) is 42.7 Å². The van der Waals surface area contributed by atoms with Gasteiger partial charge in [0.05, 0.1) is 38.6 Å². The lowest BCUT2D eigenvalue weighted by Gasteiger charge is -2.22. The molecule has 400 valence electrons. The second kappa shape index (κ2) is 31.3. The number of aromatic nitrogens is 2. The number of ether oxygens (including phenoxy) is 4. The van der Waals surface area contributed by atoms with E-state index >= 15 is 0 Å². The molecular weight excluding hydrogens is 1000 g/mol. The Bertz CT molecular complexity index is 2470. The minimum absolute atomic E-state index is 0.108. The van der Waals surface area contributed by atoms with Crippen molar-refractivity contribution in [2.24, 2.45) is 5.11 Å². The predicted octanol–water partition coefficient (Wildman–Crippen LogP) is 11.7. The maximum absolute atomic E-state index is 14.0. The van der Waals surface area contributed by atoms with Gasteiger partial charge in [0.15, 0.2) is 0 Å². The lowest BCUT2D eigenvalue weighted by atomic mass is 10.0. The standard InChI is InChI=1S/C46H68N5O18P3/c1-4-6-8-9-10-11-12-13-14-15-16-17-18-19-29-61-46(55)66-39-27-23-37(24-28-39)33-64-72(60,63-32-36-21-25-38(26-22-36)65-43(52)20-7-5-2)69-71(58,59)68-70(56,57)62-34-41-40(49-50-47)30-42(67-41)51-31-35(3)44(53)48-45(51)54/h21-28,31,40-42H,4-20,29-30,32-34H2,1-3H3,(H,56,57)(H,58,59)(H,48,53,54)/t40-,41+,42+,72?/m0/s1. The van der Waals surface area contributed by atoms with E-state index in [4.69, 9.17) is 42.4 Å². The third-order valence-corrected chi connectivity index (χ3v) is 15.8. The summed E-state index contributed by atoms with van der Waals surface area (Å²) in [6.07, 6.45) is 16.1. The number of hydrogen-bond donors (Lipinski definition) is 3. The van der Waals surface area contributed by atoms with E-state index in [0.29, 0.717) is 18.4 Å². The number of phosphoric ester groups is 2. The van der Waals surface area contributed by atoms with Crippen molar-refractivity contribution in [2.75, 3.05) is 13.2 Å². The third-order valence-electron chi connectivity index (χ3n) is 11.2. The first-order valence-corrected chi connectivity index (χ1v) is 28.8. The van der Waals surface area contributed by atoms with Crippen molar-refractivity contribution in [1.82, 2.24) is 9.55 Å². The van der Waals surface area contributed by atoms with Crippen LogP contribution in [0.1, 0.15) is 152 Å². The molecule has 1 aromatic heterocycles. The highest BCUT2D eigenvalue weighted by Gasteiger charge is 2.45.